The first-order valence-electron chi connectivity index (χ1n) is 5.70. The van der Waals surface area contributed by atoms with Crippen LogP contribution in [0.25, 0.3) is 0 Å². The second kappa shape index (κ2) is 3.64. The molecule has 2 aliphatic carbocycles. The highest BCUT2D eigenvalue weighted by atomic mass is 19.3. The molecule has 92 valence electrons. The van der Waals surface area contributed by atoms with Gasteiger partial charge in [-0.3, -0.25) is 4.79 Å². The Morgan fingerprint density at radius 2 is 1.81 bits per heavy atom. The lowest BCUT2D eigenvalue weighted by atomic mass is 9.83. The topological polar surface area (TPSA) is 43.1 Å². The van der Waals surface area contributed by atoms with Gasteiger partial charge in [0.25, 0.3) is 5.91 Å². The van der Waals surface area contributed by atoms with Crippen molar-refractivity contribution in [1.29, 1.82) is 0 Å². The fourth-order valence-corrected chi connectivity index (χ4v) is 2.61. The van der Waals surface area contributed by atoms with Gasteiger partial charge < -0.3 is 5.73 Å². The summed E-state index contributed by atoms with van der Waals surface area (Å²) in [6.45, 7) is 0. The van der Waals surface area contributed by atoms with Crippen LogP contribution in [0.15, 0.2) is 0 Å². The van der Waals surface area contributed by atoms with Crippen LogP contribution in [0, 0.1) is 11.8 Å². The van der Waals surface area contributed by atoms with Crippen molar-refractivity contribution in [3.8, 4) is 0 Å². The van der Waals surface area contributed by atoms with Gasteiger partial charge in [0.15, 0.2) is 5.67 Å². The molecule has 0 spiro atoms. The maximum absolute atomic E-state index is 13.6. The van der Waals surface area contributed by atoms with E-state index in [0.29, 0.717) is 19.3 Å². The number of hydrogen-bond acceptors (Lipinski definition) is 1. The minimum atomic E-state index is -2.55. The van der Waals surface area contributed by atoms with Crippen LogP contribution in [-0.2, 0) is 4.79 Å². The van der Waals surface area contributed by atoms with E-state index in [9.17, 15) is 18.0 Å². The molecule has 2 atom stereocenters. The smallest absolute Gasteiger partial charge is 0.255 e. The van der Waals surface area contributed by atoms with Crippen LogP contribution in [0.2, 0.25) is 0 Å². The summed E-state index contributed by atoms with van der Waals surface area (Å²) in [5, 5.41) is 0. The minimum Gasteiger partial charge on any atom is -0.367 e. The van der Waals surface area contributed by atoms with Gasteiger partial charge in [0, 0.05) is 18.8 Å². The van der Waals surface area contributed by atoms with Gasteiger partial charge in [-0.05, 0) is 31.6 Å². The molecule has 2 N–H and O–H groups in total. The summed E-state index contributed by atoms with van der Waals surface area (Å²) in [5.41, 5.74) is 3.09. The fraction of sp³-hybridized carbons (Fsp3) is 0.909. The van der Waals surface area contributed by atoms with Crippen molar-refractivity contribution in [3.05, 3.63) is 0 Å². The van der Waals surface area contributed by atoms with E-state index in [-0.39, 0.29) is 31.1 Å². The maximum Gasteiger partial charge on any atom is 0.255 e. The summed E-state index contributed by atoms with van der Waals surface area (Å²) in [4.78, 5) is 10.8. The first-order chi connectivity index (χ1) is 7.33. The number of rotatable bonds is 3. The Labute approximate surface area is 92.4 Å². The lowest BCUT2D eigenvalue weighted by Crippen LogP contribution is -2.29. The molecule has 2 aliphatic rings. The molecular formula is C11H16F3NO. The molecule has 0 aromatic carbocycles. The molecule has 2 rings (SSSR count). The highest BCUT2D eigenvalue weighted by molar-refractivity contribution is 5.87. The summed E-state index contributed by atoms with van der Waals surface area (Å²) < 4.78 is 39.3. The van der Waals surface area contributed by atoms with Gasteiger partial charge in [-0.25, -0.2) is 13.2 Å². The molecule has 0 aliphatic heterocycles. The van der Waals surface area contributed by atoms with Crippen LogP contribution < -0.4 is 5.73 Å². The van der Waals surface area contributed by atoms with E-state index in [2.05, 4.69) is 0 Å². The first-order valence-corrected chi connectivity index (χ1v) is 5.70. The van der Waals surface area contributed by atoms with Crippen molar-refractivity contribution >= 4 is 5.91 Å². The van der Waals surface area contributed by atoms with Crippen LogP contribution >= 0.6 is 0 Å². The van der Waals surface area contributed by atoms with E-state index >= 15 is 0 Å². The normalized spacial score (nSPS) is 38.3. The van der Waals surface area contributed by atoms with E-state index in [1.165, 1.54) is 0 Å². The fourth-order valence-electron chi connectivity index (χ4n) is 2.61. The van der Waals surface area contributed by atoms with Crippen molar-refractivity contribution in [1.82, 2.24) is 0 Å². The molecular weight excluding hydrogens is 219 g/mol. The van der Waals surface area contributed by atoms with Crippen LogP contribution in [0.4, 0.5) is 13.2 Å². The van der Waals surface area contributed by atoms with Crippen LogP contribution in [-0.4, -0.2) is 17.5 Å². The van der Waals surface area contributed by atoms with E-state index in [1.807, 2.05) is 0 Å². The van der Waals surface area contributed by atoms with Crippen molar-refractivity contribution in [2.45, 2.75) is 50.1 Å². The van der Waals surface area contributed by atoms with Crippen molar-refractivity contribution in [2.24, 2.45) is 17.6 Å². The number of carbonyl (C=O) groups is 1. The number of nitrogens with two attached hydrogens (primary N) is 1. The second-order valence-electron chi connectivity index (χ2n) is 5.16. The highest BCUT2D eigenvalue weighted by Gasteiger charge is 2.60. The van der Waals surface area contributed by atoms with Crippen molar-refractivity contribution in [2.75, 3.05) is 0 Å². The van der Waals surface area contributed by atoms with E-state index in [4.69, 9.17) is 5.73 Å². The molecule has 0 radical (unpaired) electrons. The molecule has 1 amide bonds. The molecule has 0 aromatic heterocycles. The summed E-state index contributed by atoms with van der Waals surface area (Å²) in [7, 11) is 0. The number of amides is 1. The Balaban J connectivity index is 1.79. The summed E-state index contributed by atoms with van der Waals surface area (Å²) in [6, 6.07) is 0. The average molecular weight is 235 g/mol. The van der Waals surface area contributed by atoms with Gasteiger partial charge in [-0.2, -0.15) is 0 Å². The molecule has 0 aromatic rings. The van der Waals surface area contributed by atoms with Crippen molar-refractivity contribution in [3.63, 3.8) is 0 Å². The molecule has 2 unspecified atom stereocenters. The van der Waals surface area contributed by atoms with Gasteiger partial charge in [0.1, 0.15) is 0 Å². The molecule has 2 fully saturated rings. The molecule has 0 heterocycles. The highest BCUT2D eigenvalue weighted by Crippen LogP contribution is 2.52. The standard InChI is InChI=1S/C11H16F3NO/c12-10(13)3-1-7(2-4-10)5-8-6-11(8,14)9(15)16/h7-8H,1-6H2,(H2,15,16). The van der Waals surface area contributed by atoms with Gasteiger partial charge in [-0.1, -0.05) is 0 Å². The first kappa shape index (κ1) is 11.7. The Hall–Kier alpha value is -0.740. The Kier molecular flexibility index (Phi) is 2.67. The summed E-state index contributed by atoms with van der Waals surface area (Å²) in [5.74, 6) is -3.65. The number of alkyl halides is 3. The Morgan fingerprint density at radius 3 is 2.25 bits per heavy atom. The minimum absolute atomic E-state index is 0.111. The van der Waals surface area contributed by atoms with E-state index in [0.717, 1.165) is 0 Å². The summed E-state index contributed by atoms with van der Waals surface area (Å²) in [6.07, 6.45) is 1.34. The SMILES string of the molecule is NC(=O)C1(F)CC1CC1CCC(F)(F)CC1. The van der Waals surface area contributed by atoms with Crippen molar-refractivity contribution < 1.29 is 18.0 Å². The Bertz CT molecular complexity index is 298. The second-order valence-corrected chi connectivity index (χ2v) is 5.16. The third kappa shape index (κ3) is 2.18. The van der Waals surface area contributed by atoms with Crippen LogP contribution in [0.5, 0.6) is 0 Å². The quantitative estimate of drug-likeness (QED) is 0.802. The molecule has 2 nitrogen and oxygen atoms in total. The molecule has 16 heavy (non-hydrogen) atoms. The number of halogens is 3. The van der Waals surface area contributed by atoms with Crippen LogP contribution in [0.1, 0.15) is 38.5 Å². The zero-order valence-corrected chi connectivity index (χ0v) is 9.02. The van der Waals surface area contributed by atoms with E-state index < -0.39 is 17.5 Å². The number of carbonyl (C=O) groups excluding carboxylic acids is 1. The predicted molar refractivity (Wildman–Crippen MR) is 52.7 cm³/mol. The predicted octanol–water partition coefficient (Wildman–Crippen LogP) is 2.42. The summed E-state index contributed by atoms with van der Waals surface area (Å²) >= 11 is 0. The zero-order chi connectivity index (χ0) is 12.0. The largest absolute Gasteiger partial charge is 0.367 e. The Morgan fingerprint density at radius 1 is 1.25 bits per heavy atom. The van der Waals surface area contributed by atoms with E-state index in [1.54, 1.807) is 0 Å². The molecule has 2 saturated carbocycles. The van der Waals surface area contributed by atoms with Gasteiger partial charge >= 0.3 is 0 Å². The lowest BCUT2D eigenvalue weighted by Gasteiger charge is -2.28. The lowest BCUT2D eigenvalue weighted by molar-refractivity contribution is -0.124. The maximum atomic E-state index is 13.6. The van der Waals surface area contributed by atoms with Gasteiger partial charge in [0.05, 0.1) is 0 Å². The molecule has 0 saturated heterocycles. The zero-order valence-electron chi connectivity index (χ0n) is 9.02. The average Bonchev–Trinajstić information content (AvgIpc) is 2.83. The van der Waals surface area contributed by atoms with Gasteiger partial charge in [-0.15, -0.1) is 0 Å². The molecule has 5 heteroatoms. The molecule has 0 bridgehead atoms. The number of hydrogen-bond donors (Lipinski definition) is 1. The monoisotopic (exact) mass is 235 g/mol. The van der Waals surface area contributed by atoms with Crippen LogP contribution in [0.3, 0.4) is 0 Å². The van der Waals surface area contributed by atoms with Gasteiger partial charge in [0.2, 0.25) is 5.92 Å². The third-order valence-electron chi connectivity index (χ3n) is 3.89. The third-order valence-corrected chi connectivity index (χ3v) is 3.89. The number of primary amides is 1.